The van der Waals surface area contributed by atoms with Crippen LogP contribution in [0.4, 0.5) is 0 Å². The van der Waals surface area contributed by atoms with Crippen molar-refractivity contribution in [2.75, 3.05) is 40.0 Å². The molecule has 1 aromatic rings. The van der Waals surface area contributed by atoms with Gasteiger partial charge in [-0.2, -0.15) is 5.26 Å². The normalized spacial score (nSPS) is 21.2. The SMILES string of the molecule is C=C/C(=C\C1=C(CC)C(=C/C(=NC)OC[C@@H]2COCCO2)/NCC1)c1ccccc1C#N. The summed E-state index contributed by atoms with van der Waals surface area (Å²) in [5.41, 5.74) is 5.91. The first-order valence-electron chi connectivity index (χ1n) is 11.0. The maximum Gasteiger partial charge on any atom is 0.210 e. The van der Waals surface area contributed by atoms with E-state index in [1.165, 1.54) is 11.1 Å². The zero-order valence-electron chi connectivity index (χ0n) is 18.9. The predicted octanol–water partition coefficient (Wildman–Crippen LogP) is 4.17. The molecule has 0 amide bonds. The Labute approximate surface area is 190 Å². The third kappa shape index (κ3) is 5.97. The second-order valence-corrected chi connectivity index (χ2v) is 7.49. The first-order chi connectivity index (χ1) is 15.7. The quantitative estimate of drug-likeness (QED) is 0.397. The minimum atomic E-state index is -0.0757. The summed E-state index contributed by atoms with van der Waals surface area (Å²) in [6.07, 6.45) is 7.58. The van der Waals surface area contributed by atoms with Gasteiger partial charge in [-0.25, -0.2) is 0 Å². The van der Waals surface area contributed by atoms with E-state index in [0.717, 1.165) is 36.2 Å². The summed E-state index contributed by atoms with van der Waals surface area (Å²) < 4.78 is 17.0. The van der Waals surface area contributed by atoms with Crippen molar-refractivity contribution in [1.82, 2.24) is 5.32 Å². The predicted molar refractivity (Wildman–Crippen MR) is 127 cm³/mol. The number of ether oxygens (including phenoxy) is 3. The van der Waals surface area contributed by atoms with Crippen molar-refractivity contribution in [3.05, 3.63) is 77.0 Å². The Kier molecular flexibility index (Phi) is 8.85. The fraction of sp³-hybridized carbons (Fsp3) is 0.385. The molecule has 0 aromatic heterocycles. The van der Waals surface area contributed by atoms with Crippen LogP contribution >= 0.6 is 0 Å². The molecule has 1 atom stereocenters. The van der Waals surface area contributed by atoms with Crippen LogP contribution in [0.25, 0.3) is 5.57 Å². The van der Waals surface area contributed by atoms with Gasteiger partial charge >= 0.3 is 0 Å². The van der Waals surface area contributed by atoms with E-state index in [-0.39, 0.29) is 6.10 Å². The molecule has 6 nitrogen and oxygen atoms in total. The Bertz CT molecular complexity index is 976. The zero-order valence-corrected chi connectivity index (χ0v) is 18.9. The second kappa shape index (κ2) is 12.0. The summed E-state index contributed by atoms with van der Waals surface area (Å²) in [4.78, 5) is 4.30. The molecule has 1 fully saturated rings. The van der Waals surface area contributed by atoms with Crippen LogP contribution in [-0.4, -0.2) is 52.0 Å². The highest BCUT2D eigenvalue weighted by molar-refractivity contribution is 5.89. The number of benzene rings is 1. The largest absolute Gasteiger partial charge is 0.475 e. The number of nitriles is 1. The van der Waals surface area contributed by atoms with Crippen molar-refractivity contribution in [3.8, 4) is 6.07 Å². The van der Waals surface area contributed by atoms with E-state index in [1.807, 2.05) is 36.4 Å². The average Bonchev–Trinajstić information content (AvgIpc) is 2.85. The third-order valence-electron chi connectivity index (χ3n) is 5.47. The molecule has 1 aromatic carbocycles. The lowest BCUT2D eigenvalue weighted by Gasteiger charge is -2.25. The molecule has 0 unspecified atom stereocenters. The van der Waals surface area contributed by atoms with Gasteiger partial charge in [0.1, 0.15) is 12.7 Å². The van der Waals surface area contributed by atoms with Crippen LogP contribution in [0.15, 0.2) is 70.9 Å². The maximum absolute atomic E-state index is 9.49. The lowest BCUT2D eigenvalue weighted by atomic mass is 9.91. The third-order valence-corrected chi connectivity index (χ3v) is 5.47. The first kappa shape index (κ1) is 23.5. The average molecular weight is 434 g/mol. The van der Waals surface area contributed by atoms with Gasteiger partial charge in [-0.1, -0.05) is 43.9 Å². The standard InChI is InChI=1S/C26H31N3O3/c1-4-19(24-9-7-6-8-21(24)16-27)14-20-10-11-29-25(23(20)5-2)15-26(28-3)32-18-22-17-30-12-13-31-22/h4,6-9,14-15,22,29H,1,5,10-13,17-18H2,2-3H3/b19-14+,25-15-,28-26?/t22-/m0/s1. The van der Waals surface area contributed by atoms with Crippen LogP contribution < -0.4 is 5.32 Å². The molecule has 0 radical (unpaired) electrons. The van der Waals surface area contributed by atoms with Crippen molar-refractivity contribution >= 4 is 11.5 Å². The summed E-state index contributed by atoms with van der Waals surface area (Å²) in [5, 5.41) is 13.0. The molecule has 0 spiro atoms. The highest BCUT2D eigenvalue weighted by Crippen LogP contribution is 2.29. The van der Waals surface area contributed by atoms with E-state index in [9.17, 15) is 5.26 Å². The maximum atomic E-state index is 9.49. The molecule has 2 heterocycles. The first-order valence-corrected chi connectivity index (χ1v) is 11.0. The summed E-state index contributed by atoms with van der Waals surface area (Å²) in [6.45, 7) is 9.09. The van der Waals surface area contributed by atoms with Gasteiger partial charge in [-0.3, -0.25) is 4.99 Å². The van der Waals surface area contributed by atoms with E-state index in [0.29, 0.717) is 37.9 Å². The second-order valence-electron chi connectivity index (χ2n) is 7.49. The Morgan fingerprint density at radius 2 is 2.22 bits per heavy atom. The molecule has 0 bridgehead atoms. The lowest BCUT2D eigenvalue weighted by Crippen LogP contribution is -2.33. The number of allylic oxidation sites excluding steroid dienone is 4. The van der Waals surface area contributed by atoms with Gasteiger partial charge in [-0.15, -0.1) is 0 Å². The fourth-order valence-corrected chi connectivity index (χ4v) is 3.85. The van der Waals surface area contributed by atoms with Crippen molar-refractivity contribution in [1.29, 1.82) is 5.26 Å². The van der Waals surface area contributed by atoms with Crippen LogP contribution in [0.2, 0.25) is 0 Å². The Hall–Kier alpha value is -3.14. The Morgan fingerprint density at radius 1 is 1.38 bits per heavy atom. The Morgan fingerprint density at radius 3 is 2.91 bits per heavy atom. The molecular formula is C26H31N3O3. The van der Waals surface area contributed by atoms with E-state index in [2.05, 4.69) is 36.0 Å². The highest BCUT2D eigenvalue weighted by Gasteiger charge is 2.18. The summed E-state index contributed by atoms with van der Waals surface area (Å²) in [7, 11) is 1.72. The van der Waals surface area contributed by atoms with Crippen molar-refractivity contribution in [3.63, 3.8) is 0 Å². The van der Waals surface area contributed by atoms with Gasteiger partial charge in [0, 0.05) is 25.4 Å². The minimum Gasteiger partial charge on any atom is -0.475 e. The van der Waals surface area contributed by atoms with Crippen LogP contribution in [0.5, 0.6) is 0 Å². The van der Waals surface area contributed by atoms with Crippen molar-refractivity contribution < 1.29 is 14.2 Å². The molecule has 0 aliphatic carbocycles. The molecule has 1 N–H and O–H groups in total. The minimum absolute atomic E-state index is 0.0757. The molecule has 2 aliphatic rings. The van der Waals surface area contributed by atoms with E-state index in [4.69, 9.17) is 14.2 Å². The molecule has 168 valence electrons. The topological polar surface area (TPSA) is 75.9 Å². The highest BCUT2D eigenvalue weighted by atomic mass is 16.6. The van der Waals surface area contributed by atoms with Crippen molar-refractivity contribution in [2.45, 2.75) is 25.9 Å². The fourth-order valence-electron chi connectivity index (χ4n) is 3.85. The van der Waals surface area contributed by atoms with Crippen LogP contribution in [0.3, 0.4) is 0 Å². The molecule has 2 aliphatic heterocycles. The van der Waals surface area contributed by atoms with Gasteiger partial charge in [0.25, 0.3) is 0 Å². The summed E-state index contributed by atoms with van der Waals surface area (Å²) in [6, 6.07) is 9.89. The number of aliphatic imine (C=N–C) groups is 1. The number of rotatable bonds is 7. The van der Waals surface area contributed by atoms with Gasteiger partial charge in [0.2, 0.25) is 5.90 Å². The summed E-state index contributed by atoms with van der Waals surface area (Å²) in [5.74, 6) is 0.552. The van der Waals surface area contributed by atoms with Crippen LogP contribution in [-0.2, 0) is 14.2 Å². The number of hydrogen-bond donors (Lipinski definition) is 1. The lowest BCUT2D eigenvalue weighted by molar-refractivity contribution is -0.103. The molecule has 1 saturated heterocycles. The van der Waals surface area contributed by atoms with Gasteiger partial charge in [0.15, 0.2) is 0 Å². The smallest absolute Gasteiger partial charge is 0.210 e. The molecule has 32 heavy (non-hydrogen) atoms. The van der Waals surface area contributed by atoms with Gasteiger partial charge in [-0.05, 0) is 41.2 Å². The van der Waals surface area contributed by atoms with Gasteiger partial charge < -0.3 is 19.5 Å². The van der Waals surface area contributed by atoms with Crippen LogP contribution in [0.1, 0.15) is 30.9 Å². The van der Waals surface area contributed by atoms with E-state index in [1.54, 1.807) is 7.05 Å². The van der Waals surface area contributed by atoms with Gasteiger partial charge in [0.05, 0.1) is 31.5 Å². The number of hydrogen-bond acceptors (Lipinski definition) is 6. The Balaban J connectivity index is 1.87. The number of nitrogens with zero attached hydrogens (tertiary/aromatic N) is 2. The zero-order chi connectivity index (χ0) is 22.8. The molecule has 0 saturated carbocycles. The van der Waals surface area contributed by atoms with Crippen LogP contribution in [0, 0.1) is 11.3 Å². The number of nitrogens with one attached hydrogen (secondary N) is 1. The monoisotopic (exact) mass is 433 g/mol. The van der Waals surface area contributed by atoms with Crippen molar-refractivity contribution in [2.24, 2.45) is 4.99 Å². The van der Waals surface area contributed by atoms with E-state index < -0.39 is 0 Å². The summed E-state index contributed by atoms with van der Waals surface area (Å²) >= 11 is 0. The molecule has 6 heteroatoms. The van der Waals surface area contributed by atoms with E-state index >= 15 is 0 Å². The molecule has 3 rings (SSSR count). The molecular weight excluding hydrogens is 402 g/mol.